The predicted molar refractivity (Wildman–Crippen MR) is 47.3 cm³/mol. The molecule has 0 aliphatic rings. The monoisotopic (exact) mass is 177 g/mol. The third-order valence-electron chi connectivity index (χ3n) is 0.896. The van der Waals surface area contributed by atoms with Crippen LogP contribution in [0.3, 0.4) is 0 Å². The van der Waals surface area contributed by atoms with E-state index >= 15 is 0 Å². The fraction of sp³-hybridized carbons (Fsp3) is 0.143. The quantitative estimate of drug-likeness (QED) is 0.334. The van der Waals surface area contributed by atoms with Crippen molar-refractivity contribution < 1.29 is 9.59 Å². The molecule has 0 rings (SSSR count). The number of amides is 2. The van der Waals surface area contributed by atoms with Gasteiger partial charge in [0, 0.05) is 29.6 Å². The smallest absolute Gasteiger partial charge is 0.244 e. The molecule has 0 aliphatic carbocycles. The summed E-state index contributed by atoms with van der Waals surface area (Å²) < 4.78 is 0. The zero-order valence-corrected chi connectivity index (χ0v) is 9.09. The maximum absolute atomic E-state index is 10.5. The minimum Gasteiger partial charge on any atom is -0.335 e. The van der Waals surface area contributed by atoms with Crippen molar-refractivity contribution in [3.8, 4) is 0 Å². The van der Waals surface area contributed by atoms with Crippen LogP contribution in [0.5, 0.6) is 0 Å². The van der Waals surface area contributed by atoms with Gasteiger partial charge in [-0.05, 0) is 12.2 Å². The van der Waals surface area contributed by atoms with Crippen molar-refractivity contribution in [1.29, 1.82) is 0 Å². The molecule has 0 aromatic heterocycles. The number of hydrogen-bond acceptors (Lipinski definition) is 2. The molecule has 0 aliphatic heterocycles. The van der Waals surface area contributed by atoms with E-state index in [1.165, 1.54) is 0 Å². The van der Waals surface area contributed by atoms with E-state index in [4.69, 9.17) is 0 Å². The Morgan fingerprint density at radius 1 is 1.08 bits per heavy atom. The van der Waals surface area contributed by atoms with E-state index in [0.29, 0.717) is 0 Å². The molecule has 0 aromatic rings. The Morgan fingerprint density at radius 2 is 1.42 bits per heavy atom. The number of nitrogens with one attached hydrogen (secondary N) is 2. The van der Waals surface area contributed by atoms with E-state index in [1.54, 1.807) is 0 Å². The third kappa shape index (κ3) is 7.53. The van der Waals surface area contributed by atoms with Crippen molar-refractivity contribution >= 4 is 41.4 Å². The topological polar surface area (TPSA) is 58.2 Å². The summed E-state index contributed by atoms with van der Waals surface area (Å²) in [6.07, 6.45) is 2.25. The van der Waals surface area contributed by atoms with Gasteiger partial charge in [-0.1, -0.05) is 13.2 Å². The molecule has 0 spiro atoms. The average molecular weight is 177 g/mol. The van der Waals surface area contributed by atoms with Gasteiger partial charge in [0.1, 0.15) is 0 Å². The summed E-state index contributed by atoms with van der Waals surface area (Å²) in [6.45, 7) is 6.56. The number of rotatable bonds is 4. The molecule has 2 amide bonds. The van der Waals surface area contributed by atoms with Crippen molar-refractivity contribution in [2.75, 3.05) is 6.67 Å². The molecule has 12 heavy (non-hydrogen) atoms. The van der Waals surface area contributed by atoms with Gasteiger partial charge in [0.05, 0.1) is 6.67 Å². The summed E-state index contributed by atoms with van der Waals surface area (Å²) >= 11 is 0. The van der Waals surface area contributed by atoms with Crippen LogP contribution in [0, 0.1) is 0 Å². The van der Waals surface area contributed by atoms with Gasteiger partial charge in [-0.25, -0.2) is 0 Å². The summed E-state index contributed by atoms with van der Waals surface area (Å²) in [4.78, 5) is 21.0. The molecule has 1 radical (unpaired) electrons. The van der Waals surface area contributed by atoms with Crippen LogP contribution in [-0.2, 0) is 9.59 Å². The minimum atomic E-state index is -0.325. The molecular weight excluding hydrogens is 167 g/mol. The van der Waals surface area contributed by atoms with Gasteiger partial charge in [0.2, 0.25) is 11.8 Å². The molecule has 0 heterocycles. The molecule has 61 valence electrons. The second kappa shape index (κ2) is 8.52. The minimum absolute atomic E-state index is 0. The first-order valence-electron chi connectivity index (χ1n) is 3.01. The first-order chi connectivity index (χ1) is 5.20. The first kappa shape index (κ1) is 14.0. The largest absolute Gasteiger partial charge is 0.335 e. The molecule has 0 aromatic carbocycles. The van der Waals surface area contributed by atoms with Crippen LogP contribution >= 0.6 is 0 Å². The van der Waals surface area contributed by atoms with Gasteiger partial charge in [-0.2, -0.15) is 0 Å². The van der Waals surface area contributed by atoms with Gasteiger partial charge in [0.25, 0.3) is 0 Å². The Kier molecular flexibility index (Phi) is 9.92. The number of carbonyl (C=O) groups excluding carboxylic acids is 2. The normalized spacial score (nSPS) is 7.33. The van der Waals surface area contributed by atoms with E-state index in [-0.39, 0.29) is 48.0 Å². The Labute approximate surface area is 93.4 Å². The Morgan fingerprint density at radius 3 is 1.67 bits per heavy atom. The average Bonchev–Trinajstić information content (AvgIpc) is 2.04. The zero-order chi connectivity index (χ0) is 8.69. The number of hydrogen-bond donors (Lipinski definition) is 2. The molecule has 0 saturated carbocycles. The van der Waals surface area contributed by atoms with Crippen molar-refractivity contribution in [3.05, 3.63) is 25.3 Å². The molecule has 5 heteroatoms. The van der Waals surface area contributed by atoms with Crippen LogP contribution in [0.1, 0.15) is 0 Å². The van der Waals surface area contributed by atoms with E-state index < -0.39 is 0 Å². The van der Waals surface area contributed by atoms with Crippen LogP contribution in [-0.4, -0.2) is 48.0 Å². The van der Waals surface area contributed by atoms with Crippen LogP contribution in [0.25, 0.3) is 0 Å². The van der Waals surface area contributed by atoms with Crippen molar-refractivity contribution in [2.45, 2.75) is 0 Å². The predicted octanol–water partition coefficient (Wildman–Crippen LogP) is -0.833. The molecule has 4 nitrogen and oxygen atoms in total. The molecule has 0 fully saturated rings. The second-order valence-corrected chi connectivity index (χ2v) is 1.67. The summed E-state index contributed by atoms with van der Waals surface area (Å²) in [7, 11) is 0. The Hall–Kier alpha value is -0.580. The fourth-order valence-electron chi connectivity index (χ4n) is 0.363. The van der Waals surface area contributed by atoms with Crippen LogP contribution in [0.2, 0.25) is 0 Å². The molecule has 0 saturated heterocycles. The molecule has 2 N–H and O–H groups in total. The van der Waals surface area contributed by atoms with Crippen LogP contribution in [0.4, 0.5) is 0 Å². The molecular formula is C7H10N2NaO2. The standard InChI is InChI=1S/C7H10N2O2.Na/c1-3-6(10)8-5-9-7(11)4-2;/h3-4H,1-2,5H2,(H,8,10)(H,9,11);. The fourth-order valence-corrected chi connectivity index (χ4v) is 0.363. The summed E-state index contributed by atoms with van der Waals surface area (Å²) in [5.41, 5.74) is 0. The van der Waals surface area contributed by atoms with Crippen LogP contribution in [0.15, 0.2) is 25.3 Å². The number of carbonyl (C=O) groups is 2. The van der Waals surface area contributed by atoms with Gasteiger partial charge < -0.3 is 10.6 Å². The molecule has 0 unspecified atom stereocenters. The van der Waals surface area contributed by atoms with Gasteiger partial charge in [-0.3, -0.25) is 9.59 Å². The second-order valence-electron chi connectivity index (χ2n) is 1.67. The molecule has 0 bridgehead atoms. The Bertz CT molecular complexity index is 172. The Balaban J connectivity index is 0. The van der Waals surface area contributed by atoms with E-state index in [0.717, 1.165) is 12.2 Å². The van der Waals surface area contributed by atoms with Crippen LogP contribution < -0.4 is 10.6 Å². The summed E-state index contributed by atoms with van der Waals surface area (Å²) in [5.74, 6) is -0.649. The molecule has 0 atom stereocenters. The van der Waals surface area contributed by atoms with E-state index in [9.17, 15) is 9.59 Å². The van der Waals surface area contributed by atoms with E-state index in [1.807, 2.05) is 0 Å². The SMILES string of the molecule is C=CC(=O)NCNC(=O)C=C.[Na]. The zero-order valence-electron chi connectivity index (χ0n) is 7.09. The summed E-state index contributed by atoms with van der Waals surface area (Å²) in [5, 5.41) is 4.72. The van der Waals surface area contributed by atoms with Crippen molar-refractivity contribution in [2.24, 2.45) is 0 Å². The first-order valence-corrected chi connectivity index (χ1v) is 3.01. The van der Waals surface area contributed by atoms with Gasteiger partial charge in [0.15, 0.2) is 0 Å². The third-order valence-corrected chi connectivity index (χ3v) is 0.896. The van der Waals surface area contributed by atoms with Gasteiger partial charge in [-0.15, -0.1) is 0 Å². The maximum atomic E-state index is 10.5. The van der Waals surface area contributed by atoms with Gasteiger partial charge >= 0.3 is 0 Å². The van der Waals surface area contributed by atoms with Crippen molar-refractivity contribution in [3.63, 3.8) is 0 Å². The summed E-state index contributed by atoms with van der Waals surface area (Å²) in [6, 6.07) is 0. The van der Waals surface area contributed by atoms with E-state index in [2.05, 4.69) is 23.8 Å². The maximum Gasteiger partial charge on any atom is 0.244 e. The van der Waals surface area contributed by atoms with Crippen molar-refractivity contribution in [1.82, 2.24) is 10.6 Å².